The van der Waals surface area contributed by atoms with Gasteiger partial charge in [0, 0.05) is 42.3 Å². The summed E-state index contributed by atoms with van der Waals surface area (Å²) in [5.74, 6) is 0.818. The van der Waals surface area contributed by atoms with Crippen molar-refractivity contribution in [1.29, 1.82) is 0 Å². The number of nitrogens with zero attached hydrogens (tertiary/aromatic N) is 6. The van der Waals surface area contributed by atoms with Gasteiger partial charge < -0.3 is 9.64 Å². The minimum absolute atomic E-state index is 0.0129. The summed E-state index contributed by atoms with van der Waals surface area (Å²) < 4.78 is 22.7. The normalized spacial score (nSPS) is 16.6. The highest BCUT2D eigenvalue weighted by molar-refractivity contribution is 6.31. The Kier molecular flexibility index (Phi) is 7.07. The topological polar surface area (TPSA) is 76.4 Å². The molecule has 0 aliphatic carbocycles. The van der Waals surface area contributed by atoms with E-state index >= 15 is 0 Å². The first-order chi connectivity index (χ1) is 18.5. The van der Waals surface area contributed by atoms with Crippen molar-refractivity contribution in [2.75, 3.05) is 20.1 Å². The number of amides is 1. The molecule has 2 aromatic carbocycles. The number of hydrogen-bond donors (Lipinski definition) is 0. The summed E-state index contributed by atoms with van der Waals surface area (Å²) in [6.07, 6.45) is 1.52. The highest BCUT2D eigenvalue weighted by Crippen LogP contribution is 2.36. The number of rotatable bonds is 6. The number of para-hydroxylation sites is 1. The molecule has 39 heavy (non-hydrogen) atoms. The fourth-order valence-corrected chi connectivity index (χ4v) is 5.45. The lowest BCUT2D eigenvalue weighted by atomic mass is 9.94. The molecule has 10 heteroatoms. The molecular formula is C29H32ClFN6O2. The zero-order chi connectivity index (χ0) is 28.1. The van der Waals surface area contributed by atoms with Gasteiger partial charge in [-0.1, -0.05) is 23.7 Å². The van der Waals surface area contributed by atoms with Gasteiger partial charge >= 0.3 is 0 Å². The smallest absolute Gasteiger partial charge is 0.243 e. The number of carbonyl (C=O) groups excluding carboxylic acids is 1. The molecule has 0 saturated carbocycles. The number of aromatic nitrogens is 4. The number of carbonyl (C=O) groups is 1. The molecule has 1 aliphatic rings. The number of fused-ring (bicyclic) bond motifs is 1. The van der Waals surface area contributed by atoms with Gasteiger partial charge in [-0.15, -0.1) is 0 Å². The summed E-state index contributed by atoms with van der Waals surface area (Å²) in [7, 11) is 3.78. The van der Waals surface area contributed by atoms with Crippen LogP contribution < -0.4 is 4.74 Å². The van der Waals surface area contributed by atoms with Crippen molar-refractivity contribution >= 4 is 28.4 Å². The van der Waals surface area contributed by atoms with Gasteiger partial charge in [-0.2, -0.15) is 5.10 Å². The van der Waals surface area contributed by atoms with E-state index < -0.39 is 17.4 Å². The van der Waals surface area contributed by atoms with E-state index in [-0.39, 0.29) is 17.5 Å². The van der Waals surface area contributed by atoms with Crippen molar-refractivity contribution in [2.24, 2.45) is 7.05 Å². The molecule has 0 N–H and O–H groups in total. The van der Waals surface area contributed by atoms with Gasteiger partial charge in [0.1, 0.15) is 30.0 Å². The van der Waals surface area contributed by atoms with E-state index in [1.54, 1.807) is 9.58 Å². The molecule has 1 unspecified atom stereocenters. The second-order valence-corrected chi connectivity index (χ2v) is 11.0. The van der Waals surface area contributed by atoms with Crippen molar-refractivity contribution in [3.8, 4) is 17.1 Å². The van der Waals surface area contributed by atoms with Crippen LogP contribution in [-0.4, -0.2) is 61.1 Å². The summed E-state index contributed by atoms with van der Waals surface area (Å²) in [6.45, 7) is 8.96. The number of aryl methyl sites for hydroxylation is 2. The van der Waals surface area contributed by atoms with Crippen LogP contribution in [0.15, 0.2) is 42.7 Å². The predicted octanol–water partition coefficient (Wildman–Crippen LogP) is 5.32. The molecule has 5 rings (SSSR count). The van der Waals surface area contributed by atoms with Gasteiger partial charge in [0.2, 0.25) is 5.91 Å². The summed E-state index contributed by atoms with van der Waals surface area (Å²) in [5.41, 5.74) is 2.98. The molecule has 0 spiro atoms. The molecule has 1 amide bonds. The molecule has 1 fully saturated rings. The lowest BCUT2D eigenvalue weighted by Gasteiger charge is -2.46. The summed E-state index contributed by atoms with van der Waals surface area (Å²) in [6, 6.07) is 10.0. The minimum Gasteiger partial charge on any atom is -0.487 e. The first-order valence-corrected chi connectivity index (χ1v) is 13.2. The monoisotopic (exact) mass is 550 g/mol. The Bertz CT molecular complexity index is 1570. The SMILES string of the molecule is Cc1cc(-c2ncnn2C)c2cccc(OCc3c(Cl)cc(F)cc3C(C)N3CCN(C)C(C)(C)C3=O)c2n1. The number of likely N-dealkylation sites (N-methyl/N-ethyl adjacent to an activating group) is 1. The second-order valence-electron chi connectivity index (χ2n) is 10.6. The molecule has 2 aromatic heterocycles. The standard InChI is InChI=1S/C29H32ClFN6O2/c1-17-12-22(27-32-16-33-36(27)6)20-8-7-9-25(26(20)34-17)39-15-23-21(13-19(31)14-24(23)30)18(2)37-11-10-35(5)29(3,4)28(37)38/h7-9,12-14,16,18H,10-11,15H2,1-6H3. The molecule has 0 radical (unpaired) electrons. The summed E-state index contributed by atoms with van der Waals surface area (Å²) >= 11 is 6.59. The van der Waals surface area contributed by atoms with Crippen molar-refractivity contribution in [2.45, 2.75) is 45.9 Å². The third-order valence-electron chi connectivity index (χ3n) is 7.78. The Balaban J connectivity index is 1.51. The number of pyridine rings is 1. The van der Waals surface area contributed by atoms with E-state index in [1.165, 1.54) is 18.5 Å². The first-order valence-electron chi connectivity index (χ1n) is 12.9. The van der Waals surface area contributed by atoms with Crippen LogP contribution in [0, 0.1) is 12.7 Å². The van der Waals surface area contributed by atoms with Crippen LogP contribution in [0.1, 0.15) is 43.6 Å². The largest absolute Gasteiger partial charge is 0.487 e. The second kappa shape index (κ2) is 10.2. The Labute approximate surface area is 232 Å². The molecule has 8 nitrogen and oxygen atoms in total. The van der Waals surface area contributed by atoms with E-state index in [0.29, 0.717) is 35.5 Å². The quantitative estimate of drug-likeness (QED) is 0.323. The zero-order valence-corrected chi connectivity index (χ0v) is 23.8. The average Bonchev–Trinajstić information content (AvgIpc) is 3.31. The minimum atomic E-state index is -0.660. The van der Waals surface area contributed by atoms with Gasteiger partial charge in [-0.3, -0.25) is 9.69 Å². The Morgan fingerprint density at radius 1 is 1.18 bits per heavy atom. The van der Waals surface area contributed by atoms with E-state index in [4.69, 9.17) is 21.3 Å². The maximum atomic E-state index is 14.6. The third kappa shape index (κ3) is 4.85. The lowest BCUT2D eigenvalue weighted by Crippen LogP contribution is -2.61. The van der Waals surface area contributed by atoms with Crippen LogP contribution in [0.2, 0.25) is 5.02 Å². The van der Waals surface area contributed by atoms with Gasteiger partial charge in [0.15, 0.2) is 5.82 Å². The third-order valence-corrected chi connectivity index (χ3v) is 8.12. The highest BCUT2D eigenvalue weighted by Gasteiger charge is 2.42. The Hall–Kier alpha value is -3.56. The van der Waals surface area contributed by atoms with Crippen LogP contribution >= 0.6 is 11.6 Å². The maximum Gasteiger partial charge on any atom is 0.243 e. The average molecular weight is 551 g/mol. The van der Waals surface area contributed by atoms with Crippen LogP contribution in [0.3, 0.4) is 0 Å². The van der Waals surface area contributed by atoms with E-state index in [9.17, 15) is 9.18 Å². The van der Waals surface area contributed by atoms with Crippen LogP contribution in [0.4, 0.5) is 4.39 Å². The fraction of sp³-hybridized carbons (Fsp3) is 0.379. The fourth-order valence-electron chi connectivity index (χ4n) is 5.18. The molecular weight excluding hydrogens is 519 g/mol. The maximum absolute atomic E-state index is 14.6. The number of benzene rings is 2. The number of hydrogen-bond acceptors (Lipinski definition) is 6. The van der Waals surface area contributed by atoms with Crippen molar-refractivity contribution in [3.63, 3.8) is 0 Å². The first kappa shape index (κ1) is 27.0. The van der Waals surface area contributed by atoms with Crippen molar-refractivity contribution in [1.82, 2.24) is 29.5 Å². The Morgan fingerprint density at radius 2 is 1.95 bits per heavy atom. The van der Waals surface area contributed by atoms with Gasteiger partial charge in [0.25, 0.3) is 0 Å². The van der Waals surface area contributed by atoms with Gasteiger partial charge in [0.05, 0.1) is 16.6 Å². The van der Waals surface area contributed by atoms with E-state index in [2.05, 4.69) is 10.1 Å². The van der Waals surface area contributed by atoms with Crippen LogP contribution in [-0.2, 0) is 18.4 Å². The molecule has 1 atom stereocenters. The van der Waals surface area contributed by atoms with E-state index in [1.807, 2.05) is 71.0 Å². The molecule has 0 bridgehead atoms. The van der Waals surface area contributed by atoms with Crippen LogP contribution in [0.5, 0.6) is 5.75 Å². The Morgan fingerprint density at radius 3 is 2.67 bits per heavy atom. The van der Waals surface area contributed by atoms with Gasteiger partial charge in [-0.25, -0.2) is 19.0 Å². The molecule has 4 aromatic rings. The highest BCUT2D eigenvalue weighted by atomic mass is 35.5. The molecule has 1 saturated heterocycles. The predicted molar refractivity (Wildman–Crippen MR) is 149 cm³/mol. The van der Waals surface area contributed by atoms with Crippen molar-refractivity contribution in [3.05, 3.63) is 70.4 Å². The number of piperazine rings is 1. The molecule has 1 aliphatic heterocycles. The number of halogens is 2. The molecule has 204 valence electrons. The summed E-state index contributed by atoms with van der Waals surface area (Å²) in [4.78, 5) is 26.4. The zero-order valence-electron chi connectivity index (χ0n) is 23.0. The van der Waals surface area contributed by atoms with Gasteiger partial charge in [-0.05, 0) is 64.6 Å². The van der Waals surface area contributed by atoms with E-state index in [0.717, 1.165) is 22.5 Å². The van der Waals surface area contributed by atoms with Crippen molar-refractivity contribution < 1.29 is 13.9 Å². The lowest BCUT2D eigenvalue weighted by molar-refractivity contribution is -0.150. The number of ether oxygens (including phenoxy) is 1. The summed E-state index contributed by atoms with van der Waals surface area (Å²) in [5, 5.41) is 5.33. The van der Waals surface area contributed by atoms with Crippen LogP contribution in [0.25, 0.3) is 22.3 Å². The molecule has 3 heterocycles.